The molecule has 6 nitrogen and oxygen atoms in total. The summed E-state index contributed by atoms with van der Waals surface area (Å²) >= 11 is 7.45. The third kappa shape index (κ3) is 2.93. The molecule has 0 bridgehead atoms. The molecule has 22 heavy (non-hydrogen) atoms. The van der Waals surface area contributed by atoms with Crippen molar-refractivity contribution in [2.45, 2.75) is 62.4 Å². The zero-order valence-electron chi connectivity index (χ0n) is 13.2. The van der Waals surface area contributed by atoms with Crippen molar-refractivity contribution in [3.8, 4) is 0 Å². The minimum absolute atomic E-state index is 0.213. The molecular formula is C14H20ClNO5S. The Bertz CT molecular complexity index is 509. The number of amides is 1. The topological polar surface area (TPSA) is 72.9 Å². The lowest BCUT2D eigenvalue weighted by Crippen LogP contribution is -2.64. The van der Waals surface area contributed by atoms with Crippen molar-refractivity contribution in [2.24, 2.45) is 5.92 Å². The summed E-state index contributed by atoms with van der Waals surface area (Å²) in [4.78, 5) is 37.3. The Morgan fingerprint density at radius 3 is 2.41 bits per heavy atom. The van der Waals surface area contributed by atoms with Crippen LogP contribution < -0.4 is 0 Å². The van der Waals surface area contributed by atoms with Crippen LogP contribution in [0.4, 0.5) is 0 Å². The van der Waals surface area contributed by atoms with Crippen LogP contribution in [0, 0.1) is 5.92 Å². The minimum Gasteiger partial charge on any atom is -0.425 e. The molecule has 2 fully saturated rings. The van der Waals surface area contributed by atoms with Crippen LogP contribution in [0.15, 0.2) is 0 Å². The maximum atomic E-state index is 12.4. The molecule has 8 heteroatoms. The van der Waals surface area contributed by atoms with Crippen LogP contribution >= 0.6 is 23.4 Å². The number of thioether (sulfide) groups is 1. The van der Waals surface area contributed by atoms with Gasteiger partial charge in [0.2, 0.25) is 12.2 Å². The van der Waals surface area contributed by atoms with Crippen molar-refractivity contribution in [3.05, 3.63) is 0 Å². The lowest BCUT2D eigenvalue weighted by molar-refractivity contribution is -0.192. The first kappa shape index (κ1) is 17.4. The Kier molecular flexibility index (Phi) is 4.69. The quantitative estimate of drug-likeness (QED) is 0.333. The zero-order valence-corrected chi connectivity index (χ0v) is 14.7. The third-order valence-corrected chi connectivity index (χ3v) is 5.78. The highest BCUT2D eigenvalue weighted by molar-refractivity contribution is 8.01. The van der Waals surface area contributed by atoms with Gasteiger partial charge in [-0.05, 0) is 13.8 Å². The molecule has 2 aliphatic heterocycles. The van der Waals surface area contributed by atoms with E-state index >= 15 is 0 Å². The second kappa shape index (κ2) is 5.92. The minimum atomic E-state index is -0.995. The van der Waals surface area contributed by atoms with E-state index in [1.54, 1.807) is 13.8 Å². The summed E-state index contributed by atoms with van der Waals surface area (Å²) in [6, 6.07) is -0.731. The first-order valence-corrected chi connectivity index (χ1v) is 8.43. The van der Waals surface area contributed by atoms with E-state index in [1.807, 2.05) is 13.8 Å². The van der Waals surface area contributed by atoms with E-state index < -0.39 is 34.4 Å². The van der Waals surface area contributed by atoms with Crippen molar-refractivity contribution in [1.29, 1.82) is 0 Å². The van der Waals surface area contributed by atoms with Gasteiger partial charge in [-0.25, -0.2) is 4.79 Å². The van der Waals surface area contributed by atoms with Gasteiger partial charge in [0, 0.05) is 11.7 Å². The molecule has 2 heterocycles. The molecule has 0 spiro atoms. The molecule has 0 radical (unpaired) electrons. The Hall–Kier alpha value is -0.950. The van der Waals surface area contributed by atoms with Crippen LogP contribution in [0.25, 0.3) is 0 Å². The average molecular weight is 350 g/mol. The predicted octanol–water partition coefficient (Wildman–Crippen LogP) is 1.74. The second-order valence-electron chi connectivity index (χ2n) is 6.26. The van der Waals surface area contributed by atoms with Crippen molar-refractivity contribution in [1.82, 2.24) is 4.90 Å². The maximum Gasteiger partial charge on any atom is 0.333 e. The average Bonchev–Trinajstić information content (AvgIpc) is 2.66. The van der Waals surface area contributed by atoms with Gasteiger partial charge in [0.05, 0.1) is 5.92 Å². The molecule has 0 aromatic rings. The monoisotopic (exact) mass is 349 g/mol. The van der Waals surface area contributed by atoms with Crippen LogP contribution in [-0.2, 0) is 23.9 Å². The summed E-state index contributed by atoms with van der Waals surface area (Å²) in [5.74, 6) is -1.60. The van der Waals surface area contributed by atoms with Crippen molar-refractivity contribution < 1.29 is 23.9 Å². The third-order valence-electron chi connectivity index (χ3n) is 3.63. The van der Waals surface area contributed by atoms with Crippen LogP contribution in [0.2, 0.25) is 0 Å². The Labute approximate surface area is 138 Å². The van der Waals surface area contributed by atoms with E-state index in [2.05, 4.69) is 0 Å². The number of fused-ring (bicyclic) bond motifs is 1. The molecule has 2 aliphatic rings. The fourth-order valence-electron chi connectivity index (χ4n) is 2.50. The van der Waals surface area contributed by atoms with Gasteiger partial charge in [0.1, 0.15) is 16.8 Å². The van der Waals surface area contributed by atoms with Crippen LogP contribution in [-0.4, -0.2) is 50.6 Å². The molecule has 0 N–H and O–H groups in total. The van der Waals surface area contributed by atoms with Crippen LogP contribution in [0.5, 0.6) is 0 Å². The van der Waals surface area contributed by atoms with Gasteiger partial charge in [-0.15, -0.1) is 23.4 Å². The molecule has 4 atom stereocenters. The van der Waals surface area contributed by atoms with Crippen molar-refractivity contribution in [2.75, 3.05) is 0 Å². The highest BCUT2D eigenvalue weighted by atomic mass is 35.5. The van der Waals surface area contributed by atoms with E-state index in [9.17, 15) is 14.4 Å². The molecule has 0 aliphatic carbocycles. The number of hydrogen-bond acceptors (Lipinski definition) is 6. The normalized spacial score (nSPS) is 30.6. The summed E-state index contributed by atoms with van der Waals surface area (Å²) in [5, 5.41) is -0.812. The summed E-state index contributed by atoms with van der Waals surface area (Å²) in [7, 11) is 0. The van der Waals surface area contributed by atoms with Crippen molar-refractivity contribution >= 4 is 41.2 Å². The Morgan fingerprint density at radius 1 is 1.27 bits per heavy atom. The summed E-state index contributed by atoms with van der Waals surface area (Å²) in [5.41, 5.74) is 0. The summed E-state index contributed by atoms with van der Waals surface area (Å²) in [6.45, 7) is 8.59. The molecule has 1 unspecified atom stereocenters. The highest BCUT2D eigenvalue weighted by Gasteiger charge is 2.63. The van der Waals surface area contributed by atoms with Crippen LogP contribution in [0.3, 0.4) is 0 Å². The maximum absolute atomic E-state index is 12.4. The smallest absolute Gasteiger partial charge is 0.333 e. The van der Waals surface area contributed by atoms with E-state index in [1.165, 1.54) is 23.6 Å². The standard InChI is InChI=1S/C14H20ClNO5S/c1-6(2)12(18)20-7(3)21-13(19)9-14(4,5)22-11-8(15)10(17)16(9)11/h6-9,11H,1-5H3/t7?,8-,9+,11-/m1/s1. The zero-order chi connectivity index (χ0) is 16.8. The highest BCUT2D eigenvalue weighted by Crippen LogP contribution is 2.52. The number of carbonyl (C=O) groups excluding carboxylic acids is 3. The molecule has 2 rings (SSSR count). The van der Waals surface area contributed by atoms with Gasteiger partial charge in [-0.3, -0.25) is 9.59 Å². The number of alkyl halides is 1. The second-order valence-corrected chi connectivity index (χ2v) is 8.50. The molecular weight excluding hydrogens is 330 g/mol. The van der Waals surface area contributed by atoms with Crippen LogP contribution in [0.1, 0.15) is 34.6 Å². The molecule has 2 saturated heterocycles. The molecule has 0 aromatic carbocycles. The number of rotatable bonds is 4. The fraction of sp³-hybridized carbons (Fsp3) is 0.786. The molecule has 124 valence electrons. The number of hydrogen-bond donors (Lipinski definition) is 0. The number of carbonyl (C=O) groups is 3. The summed E-state index contributed by atoms with van der Waals surface area (Å²) in [6.07, 6.45) is -0.995. The number of halogens is 1. The number of ether oxygens (including phenoxy) is 2. The van der Waals surface area contributed by atoms with Gasteiger partial charge in [-0.1, -0.05) is 13.8 Å². The van der Waals surface area contributed by atoms with Gasteiger partial charge >= 0.3 is 11.9 Å². The first-order chi connectivity index (χ1) is 10.1. The molecule has 1 amide bonds. The van der Waals surface area contributed by atoms with Gasteiger partial charge < -0.3 is 14.4 Å². The summed E-state index contributed by atoms with van der Waals surface area (Å²) < 4.78 is 9.70. The van der Waals surface area contributed by atoms with Gasteiger partial charge in [0.15, 0.2) is 0 Å². The number of esters is 2. The Balaban J connectivity index is 2.03. The first-order valence-electron chi connectivity index (χ1n) is 7.11. The van der Waals surface area contributed by atoms with E-state index in [-0.39, 0.29) is 17.2 Å². The largest absolute Gasteiger partial charge is 0.425 e. The van der Waals surface area contributed by atoms with E-state index in [0.717, 1.165) is 0 Å². The van der Waals surface area contributed by atoms with Gasteiger partial charge in [0.25, 0.3) is 0 Å². The van der Waals surface area contributed by atoms with Crippen molar-refractivity contribution in [3.63, 3.8) is 0 Å². The predicted molar refractivity (Wildman–Crippen MR) is 82.2 cm³/mol. The lowest BCUT2D eigenvalue weighted by Gasteiger charge is -2.41. The Morgan fingerprint density at radius 2 is 1.86 bits per heavy atom. The molecule has 0 saturated carbocycles. The van der Waals surface area contributed by atoms with E-state index in [4.69, 9.17) is 21.1 Å². The van der Waals surface area contributed by atoms with Gasteiger partial charge in [-0.2, -0.15) is 0 Å². The SMILES string of the molecule is CC(OC(=O)C(C)C)OC(=O)[C@@H]1N2C(=O)[C@@H](Cl)[C@H]2SC1(C)C. The van der Waals surface area contributed by atoms with E-state index in [0.29, 0.717) is 0 Å². The lowest BCUT2D eigenvalue weighted by atomic mass is 9.98. The number of β-lactam (4-membered cyclic amide) rings is 1. The molecule has 0 aromatic heterocycles. The fourth-order valence-corrected chi connectivity index (χ4v) is 4.42. The number of nitrogens with zero attached hydrogens (tertiary/aromatic N) is 1.